The summed E-state index contributed by atoms with van der Waals surface area (Å²) >= 11 is 3.33. The van der Waals surface area contributed by atoms with E-state index in [0.717, 1.165) is 14.7 Å². The van der Waals surface area contributed by atoms with Crippen molar-refractivity contribution in [2.24, 2.45) is 0 Å². The number of hydrogen-bond acceptors (Lipinski definition) is 2. The Morgan fingerprint density at radius 2 is 2.11 bits per heavy atom. The monoisotopic (exact) mass is 334 g/mol. The smallest absolute Gasteiger partial charge is 0.408 e. The number of rotatable bonds is 4. The van der Waals surface area contributed by atoms with Crippen LogP contribution in [0.4, 0.5) is 13.2 Å². The highest BCUT2D eigenvalue weighted by Crippen LogP contribution is 2.19. The third-order valence-electron chi connectivity index (χ3n) is 2.25. The number of halogens is 4. The van der Waals surface area contributed by atoms with Crippen molar-refractivity contribution in [2.75, 3.05) is 0 Å². The molecule has 0 amide bonds. The Morgan fingerprint density at radius 1 is 1.32 bits per heavy atom. The highest BCUT2D eigenvalue weighted by molar-refractivity contribution is 9.10. The Hall–Kier alpha value is -1.50. The molecule has 0 aliphatic rings. The van der Waals surface area contributed by atoms with Gasteiger partial charge in [0.1, 0.15) is 13.2 Å². The summed E-state index contributed by atoms with van der Waals surface area (Å²) in [5.41, 5.74) is 0.915. The molecule has 0 aliphatic carbocycles. The minimum Gasteiger partial charge on any atom is -0.486 e. The first-order chi connectivity index (χ1) is 8.92. The second kappa shape index (κ2) is 5.64. The molecule has 0 N–H and O–H groups in total. The van der Waals surface area contributed by atoms with Crippen LogP contribution in [0.1, 0.15) is 5.56 Å². The van der Waals surface area contributed by atoms with Gasteiger partial charge in [0, 0.05) is 4.47 Å². The van der Waals surface area contributed by atoms with Crippen LogP contribution in [0.5, 0.6) is 5.75 Å². The van der Waals surface area contributed by atoms with Crippen LogP contribution in [0.2, 0.25) is 0 Å². The van der Waals surface area contributed by atoms with E-state index in [9.17, 15) is 13.2 Å². The quantitative estimate of drug-likeness (QED) is 0.850. The van der Waals surface area contributed by atoms with Crippen LogP contribution in [0.25, 0.3) is 0 Å². The normalized spacial score (nSPS) is 11.6. The Kier molecular flexibility index (Phi) is 4.14. The van der Waals surface area contributed by atoms with E-state index in [1.165, 1.54) is 12.4 Å². The molecule has 0 fully saturated rings. The molecule has 0 aliphatic heterocycles. The summed E-state index contributed by atoms with van der Waals surface area (Å²) < 4.78 is 43.5. The van der Waals surface area contributed by atoms with Gasteiger partial charge >= 0.3 is 6.18 Å². The second-order valence-corrected chi connectivity index (χ2v) is 4.82. The highest BCUT2D eigenvalue weighted by atomic mass is 79.9. The Bertz CT molecular complexity index is 554. The molecular weight excluding hydrogens is 325 g/mol. The number of aromatic nitrogens is 2. The molecule has 2 rings (SSSR count). The summed E-state index contributed by atoms with van der Waals surface area (Å²) in [6.45, 7) is -0.843. The zero-order valence-electron chi connectivity index (χ0n) is 9.69. The van der Waals surface area contributed by atoms with Crippen molar-refractivity contribution in [1.29, 1.82) is 0 Å². The van der Waals surface area contributed by atoms with Crippen molar-refractivity contribution < 1.29 is 17.9 Å². The number of ether oxygens (including phenoxy) is 1. The number of alkyl halides is 3. The van der Waals surface area contributed by atoms with E-state index >= 15 is 0 Å². The van der Waals surface area contributed by atoms with E-state index in [0.29, 0.717) is 5.75 Å². The first-order valence-electron chi connectivity index (χ1n) is 5.39. The van der Waals surface area contributed by atoms with Crippen LogP contribution in [0.3, 0.4) is 0 Å². The van der Waals surface area contributed by atoms with E-state index in [1.54, 1.807) is 0 Å². The topological polar surface area (TPSA) is 27.1 Å². The standard InChI is InChI=1S/C12H10BrF3N2O/c13-10-3-1-2-9(4-10)7-19-11-5-17-18(6-11)8-12(14,15)16/h1-6H,7-8H2. The van der Waals surface area contributed by atoms with Crippen LogP contribution < -0.4 is 4.74 Å². The number of nitrogens with zero attached hydrogens (tertiary/aromatic N) is 2. The summed E-state index contributed by atoms with van der Waals surface area (Å²) in [6.07, 6.45) is -1.79. The second-order valence-electron chi connectivity index (χ2n) is 3.91. The molecular formula is C12H10BrF3N2O. The van der Waals surface area contributed by atoms with Gasteiger partial charge in [-0.2, -0.15) is 18.3 Å². The Balaban J connectivity index is 1.93. The van der Waals surface area contributed by atoms with E-state index in [2.05, 4.69) is 21.0 Å². The molecule has 1 heterocycles. The molecule has 0 spiro atoms. The molecule has 3 nitrogen and oxygen atoms in total. The number of benzene rings is 1. The van der Waals surface area contributed by atoms with E-state index in [4.69, 9.17) is 4.74 Å². The maximum absolute atomic E-state index is 12.1. The van der Waals surface area contributed by atoms with E-state index < -0.39 is 12.7 Å². The van der Waals surface area contributed by atoms with Gasteiger partial charge in [-0.15, -0.1) is 0 Å². The van der Waals surface area contributed by atoms with Crippen molar-refractivity contribution in [3.8, 4) is 5.75 Å². The SMILES string of the molecule is FC(F)(F)Cn1cc(OCc2cccc(Br)c2)cn1. The minimum atomic E-state index is -4.28. The third kappa shape index (κ3) is 4.59. The van der Waals surface area contributed by atoms with Gasteiger partial charge in [-0.25, -0.2) is 0 Å². The fourth-order valence-corrected chi connectivity index (χ4v) is 1.93. The van der Waals surface area contributed by atoms with Gasteiger partial charge in [0.25, 0.3) is 0 Å². The van der Waals surface area contributed by atoms with Gasteiger partial charge in [0.15, 0.2) is 5.75 Å². The molecule has 0 saturated heterocycles. The van der Waals surface area contributed by atoms with Crippen molar-refractivity contribution in [3.05, 3.63) is 46.7 Å². The van der Waals surface area contributed by atoms with E-state index in [-0.39, 0.29) is 6.61 Å². The molecule has 0 saturated carbocycles. The molecule has 2 aromatic rings. The maximum atomic E-state index is 12.1. The van der Waals surface area contributed by atoms with Gasteiger partial charge in [0.2, 0.25) is 0 Å². The van der Waals surface area contributed by atoms with Crippen LogP contribution in [0.15, 0.2) is 41.1 Å². The first-order valence-corrected chi connectivity index (χ1v) is 6.18. The van der Waals surface area contributed by atoms with Crippen LogP contribution >= 0.6 is 15.9 Å². The van der Waals surface area contributed by atoms with Gasteiger partial charge in [-0.05, 0) is 17.7 Å². The fourth-order valence-electron chi connectivity index (χ4n) is 1.48. The predicted octanol–water partition coefficient (Wildman–Crippen LogP) is 3.79. The van der Waals surface area contributed by atoms with Gasteiger partial charge < -0.3 is 4.74 Å². The molecule has 0 unspecified atom stereocenters. The summed E-state index contributed by atoms with van der Waals surface area (Å²) in [4.78, 5) is 0. The van der Waals surface area contributed by atoms with Crippen molar-refractivity contribution in [1.82, 2.24) is 9.78 Å². The highest BCUT2D eigenvalue weighted by Gasteiger charge is 2.28. The molecule has 102 valence electrons. The molecule has 19 heavy (non-hydrogen) atoms. The lowest BCUT2D eigenvalue weighted by atomic mass is 10.2. The first kappa shape index (κ1) is 13.9. The van der Waals surface area contributed by atoms with Crippen LogP contribution in [0, 0.1) is 0 Å². The fraction of sp³-hybridized carbons (Fsp3) is 0.250. The zero-order valence-corrected chi connectivity index (χ0v) is 11.3. The lowest BCUT2D eigenvalue weighted by Gasteiger charge is -2.05. The molecule has 1 aromatic carbocycles. The zero-order chi connectivity index (χ0) is 13.9. The Morgan fingerprint density at radius 3 is 2.79 bits per heavy atom. The molecule has 0 bridgehead atoms. The third-order valence-corrected chi connectivity index (χ3v) is 2.74. The summed E-state index contributed by atoms with van der Waals surface area (Å²) in [6, 6.07) is 7.48. The largest absolute Gasteiger partial charge is 0.486 e. The lowest BCUT2D eigenvalue weighted by Crippen LogP contribution is -2.17. The van der Waals surface area contributed by atoms with Crippen LogP contribution in [-0.4, -0.2) is 16.0 Å². The van der Waals surface area contributed by atoms with Crippen molar-refractivity contribution >= 4 is 15.9 Å². The Labute approximate surface area is 116 Å². The number of hydrogen-bond donors (Lipinski definition) is 0. The molecule has 0 radical (unpaired) electrons. The summed E-state index contributed by atoms with van der Waals surface area (Å²) in [5.74, 6) is 0.309. The van der Waals surface area contributed by atoms with Crippen LogP contribution in [-0.2, 0) is 13.2 Å². The lowest BCUT2D eigenvalue weighted by molar-refractivity contribution is -0.142. The molecule has 0 atom stereocenters. The van der Waals surface area contributed by atoms with Gasteiger partial charge in [-0.1, -0.05) is 28.1 Å². The van der Waals surface area contributed by atoms with Crippen molar-refractivity contribution in [2.45, 2.75) is 19.3 Å². The predicted molar refractivity (Wildman–Crippen MR) is 66.8 cm³/mol. The molecule has 1 aromatic heterocycles. The minimum absolute atomic E-state index is 0.275. The van der Waals surface area contributed by atoms with Gasteiger partial charge in [0.05, 0.1) is 12.4 Å². The summed E-state index contributed by atoms with van der Waals surface area (Å²) in [5, 5.41) is 3.59. The van der Waals surface area contributed by atoms with Gasteiger partial charge in [-0.3, -0.25) is 4.68 Å². The van der Waals surface area contributed by atoms with Crippen molar-refractivity contribution in [3.63, 3.8) is 0 Å². The van der Waals surface area contributed by atoms with E-state index in [1.807, 2.05) is 24.3 Å². The summed E-state index contributed by atoms with van der Waals surface area (Å²) in [7, 11) is 0. The molecule has 7 heteroatoms. The average molecular weight is 335 g/mol. The average Bonchev–Trinajstić information content (AvgIpc) is 2.72. The maximum Gasteiger partial charge on any atom is 0.408 e.